The van der Waals surface area contributed by atoms with Gasteiger partial charge in [0.1, 0.15) is 12.4 Å². The van der Waals surface area contributed by atoms with Crippen molar-refractivity contribution in [3.8, 4) is 5.75 Å². The van der Waals surface area contributed by atoms with E-state index >= 15 is 0 Å². The molecule has 2 heterocycles. The molecule has 136 valence electrons. The first-order valence-corrected chi connectivity index (χ1v) is 8.96. The van der Waals surface area contributed by atoms with Crippen molar-refractivity contribution in [3.05, 3.63) is 66.0 Å². The van der Waals surface area contributed by atoms with Crippen molar-refractivity contribution >= 4 is 12.0 Å². The highest BCUT2D eigenvalue weighted by molar-refractivity contribution is 5.91. The Morgan fingerprint density at radius 1 is 1.19 bits per heavy atom. The summed E-state index contributed by atoms with van der Waals surface area (Å²) < 4.78 is 5.72. The Morgan fingerprint density at radius 2 is 1.92 bits per heavy atom. The van der Waals surface area contributed by atoms with E-state index in [0.717, 1.165) is 30.1 Å². The van der Waals surface area contributed by atoms with Crippen LogP contribution in [0.4, 0.5) is 0 Å². The average Bonchev–Trinajstić information content (AvgIpc) is 2.65. The molecule has 1 aromatic carbocycles. The minimum Gasteiger partial charge on any atom is -0.487 e. The number of nitrogens with one attached hydrogen (secondary N) is 1. The molecule has 0 aliphatic carbocycles. The van der Waals surface area contributed by atoms with Crippen LogP contribution in [-0.4, -0.2) is 41.0 Å². The fourth-order valence-electron chi connectivity index (χ4n) is 3.10. The summed E-state index contributed by atoms with van der Waals surface area (Å²) in [6, 6.07) is 14.1. The van der Waals surface area contributed by atoms with Gasteiger partial charge in [0.25, 0.3) is 0 Å². The minimum absolute atomic E-state index is 0.0562. The number of hydrogen-bond acceptors (Lipinski definition) is 4. The molecule has 2 unspecified atom stereocenters. The lowest BCUT2D eigenvalue weighted by Gasteiger charge is -2.35. The first-order valence-electron chi connectivity index (χ1n) is 8.96. The van der Waals surface area contributed by atoms with Crippen LogP contribution in [0.2, 0.25) is 0 Å². The monoisotopic (exact) mass is 351 g/mol. The predicted octanol–water partition coefficient (Wildman–Crippen LogP) is 2.88. The van der Waals surface area contributed by atoms with E-state index < -0.39 is 0 Å². The first-order chi connectivity index (χ1) is 12.6. The van der Waals surface area contributed by atoms with Crippen LogP contribution in [0, 0.1) is 0 Å². The Hall–Kier alpha value is -2.66. The van der Waals surface area contributed by atoms with E-state index in [1.54, 1.807) is 12.3 Å². The van der Waals surface area contributed by atoms with E-state index in [9.17, 15) is 4.79 Å². The van der Waals surface area contributed by atoms with Crippen LogP contribution in [-0.2, 0) is 11.4 Å². The first kappa shape index (κ1) is 18.1. The lowest BCUT2D eigenvalue weighted by molar-refractivity contribution is -0.127. The molecule has 1 amide bonds. The molecule has 1 saturated heterocycles. The number of hydrogen-bond donors (Lipinski definition) is 1. The van der Waals surface area contributed by atoms with E-state index in [-0.39, 0.29) is 5.91 Å². The number of pyridine rings is 1. The standard InChI is InChI=1S/C21H25N3O2/c1-16-13-24(14-17(2)23-16)21(25)11-8-18-6-9-20(10-7-18)26-15-19-5-3-4-12-22-19/h3-12,16-17,23H,13-15H2,1-2H3. The third kappa shape index (κ3) is 5.17. The second-order valence-electron chi connectivity index (χ2n) is 6.72. The van der Waals surface area contributed by atoms with Gasteiger partial charge < -0.3 is 15.0 Å². The second-order valence-corrected chi connectivity index (χ2v) is 6.72. The lowest BCUT2D eigenvalue weighted by Crippen LogP contribution is -2.55. The van der Waals surface area contributed by atoms with Gasteiger partial charge in [-0.2, -0.15) is 0 Å². The van der Waals surface area contributed by atoms with Crippen LogP contribution in [0.1, 0.15) is 25.1 Å². The SMILES string of the molecule is CC1CN(C(=O)C=Cc2ccc(OCc3ccccn3)cc2)CC(C)N1. The Labute approximate surface area is 154 Å². The average molecular weight is 351 g/mol. The Kier molecular flexibility index (Phi) is 6.02. The van der Waals surface area contributed by atoms with Crippen molar-refractivity contribution in [1.82, 2.24) is 15.2 Å². The van der Waals surface area contributed by atoms with Crippen molar-refractivity contribution < 1.29 is 9.53 Å². The van der Waals surface area contributed by atoms with Crippen molar-refractivity contribution in [2.75, 3.05) is 13.1 Å². The highest BCUT2D eigenvalue weighted by atomic mass is 16.5. The molecular formula is C21H25N3O2. The van der Waals surface area contributed by atoms with Crippen LogP contribution in [0.25, 0.3) is 6.08 Å². The lowest BCUT2D eigenvalue weighted by atomic mass is 10.1. The molecule has 0 radical (unpaired) electrons. The van der Waals surface area contributed by atoms with Crippen LogP contribution < -0.4 is 10.1 Å². The highest BCUT2D eigenvalue weighted by Gasteiger charge is 2.23. The van der Waals surface area contributed by atoms with Gasteiger partial charge in [-0.05, 0) is 49.8 Å². The van der Waals surface area contributed by atoms with Crippen molar-refractivity contribution in [1.29, 1.82) is 0 Å². The summed E-state index contributed by atoms with van der Waals surface area (Å²) in [6.07, 6.45) is 5.25. The number of rotatable bonds is 5. The van der Waals surface area contributed by atoms with Gasteiger partial charge in [0.15, 0.2) is 0 Å². The fourth-order valence-corrected chi connectivity index (χ4v) is 3.10. The largest absolute Gasteiger partial charge is 0.487 e. The molecule has 26 heavy (non-hydrogen) atoms. The normalized spacial score (nSPS) is 20.3. The fraction of sp³-hybridized carbons (Fsp3) is 0.333. The molecule has 5 nitrogen and oxygen atoms in total. The molecule has 5 heteroatoms. The zero-order chi connectivity index (χ0) is 18.4. The van der Waals surface area contributed by atoms with E-state index in [1.165, 1.54) is 0 Å². The van der Waals surface area contributed by atoms with E-state index in [2.05, 4.69) is 24.1 Å². The van der Waals surface area contributed by atoms with Gasteiger partial charge in [-0.3, -0.25) is 9.78 Å². The Bertz CT molecular complexity index is 734. The zero-order valence-corrected chi connectivity index (χ0v) is 15.3. The number of carbonyl (C=O) groups is 1. The number of benzene rings is 1. The third-order valence-corrected chi connectivity index (χ3v) is 4.28. The third-order valence-electron chi connectivity index (χ3n) is 4.28. The van der Waals surface area contributed by atoms with Crippen LogP contribution in [0.3, 0.4) is 0 Å². The van der Waals surface area contributed by atoms with Crippen molar-refractivity contribution in [2.24, 2.45) is 0 Å². The summed E-state index contributed by atoms with van der Waals surface area (Å²) in [7, 11) is 0. The minimum atomic E-state index is 0.0562. The molecular weight excluding hydrogens is 326 g/mol. The molecule has 2 aromatic rings. The van der Waals surface area contributed by atoms with Gasteiger partial charge in [-0.1, -0.05) is 18.2 Å². The summed E-state index contributed by atoms with van der Waals surface area (Å²) in [5, 5.41) is 3.43. The van der Waals surface area contributed by atoms with Gasteiger partial charge in [0.2, 0.25) is 5.91 Å². The maximum Gasteiger partial charge on any atom is 0.246 e. The van der Waals surface area contributed by atoms with Gasteiger partial charge in [-0.15, -0.1) is 0 Å². The molecule has 1 aliphatic rings. The summed E-state index contributed by atoms with van der Waals surface area (Å²) >= 11 is 0. The molecule has 1 fully saturated rings. The molecule has 2 atom stereocenters. The number of carbonyl (C=O) groups excluding carboxylic acids is 1. The molecule has 0 saturated carbocycles. The molecule has 1 aliphatic heterocycles. The van der Waals surface area contributed by atoms with E-state index in [1.807, 2.05) is 53.4 Å². The van der Waals surface area contributed by atoms with E-state index in [0.29, 0.717) is 18.7 Å². The summed E-state index contributed by atoms with van der Waals surface area (Å²) in [5.74, 6) is 0.838. The molecule has 3 rings (SSSR count). The number of ether oxygens (including phenoxy) is 1. The van der Waals surface area contributed by atoms with Crippen molar-refractivity contribution in [2.45, 2.75) is 32.5 Å². The molecule has 0 spiro atoms. The van der Waals surface area contributed by atoms with Crippen molar-refractivity contribution in [3.63, 3.8) is 0 Å². The second kappa shape index (κ2) is 8.63. The maximum absolute atomic E-state index is 12.4. The van der Waals surface area contributed by atoms with Crippen LogP contribution in [0.5, 0.6) is 5.75 Å². The topological polar surface area (TPSA) is 54.5 Å². The van der Waals surface area contributed by atoms with Gasteiger partial charge in [-0.25, -0.2) is 0 Å². The number of piperazine rings is 1. The van der Waals surface area contributed by atoms with Crippen LogP contribution >= 0.6 is 0 Å². The van der Waals surface area contributed by atoms with Gasteiger partial charge in [0, 0.05) is 37.4 Å². The summed E-state index contributed by atoms with van der Waals surface area (Å²) in [6.45, 7) is 6.13. The van der Waals surface area contributed by atoms with Gasteiger partial charge >= 0.3 is 0 Å². The Morgan fingerprint density at radius 3 is 2.58 bits per heavy atom. The number of nitrogens with zero attached hydrogens (tertiary/aromatic N) is 2. The predicted molar refractivity (Wildman–Crippen MR) is 103 cm³/mol. The van der Waals surface area contributed by atoms with E-state index in [4.69, 9.17) is 4.74 Å². The summed E-state index contributed by atoms with van der Waals surface area (Å²) in [5.41, 5.74) is 1.86. The molecule has 1 N–H and O–H groups in total. The quantitative estimate of drug-likeness (QED) is 0.842. The number of amides is 1. The van der Waals surface area contributed by atoms with Gasteiger partial charge in [0.05, 0.1) is 5.69 Å². The highest BCUT2D eigenvalue weighted by Crippen LogP contribution is 2.15. The van der Waals surface area contributed by atoms with Crippen LogP contribution in [0.15, 0.2) is 54.7 Å². The Balaban J connectivity index is 1.53. The molecule has 1 aromatic heterocycles. The summed E-state index contributed by atoms with van der Waals surface area (Å²) in [4.78, 5) is 18.5. The maximum atomic E-state index is 12.4. The number of aromatic nitrogens is 1. The zero-order valence-electron chi connectivity index (χ0n) is 15.3. The molecule has 0 bridgehead atoms. The smallest absolute Gasteiger partial charge is 0.246 e.